The summed E-state index contributed by atoms with van der Waals surface area (Å²) in [6.45, 7) is 3.87. The third kappa shape index (κ3) is 6.60. The van der Waals surface area contributed by atoms with Crippen molar-refractivity contribution in [3.05, 3.63) is 69.8 Å². The molecular formula is C26H27F3N4O3S. The number of rotatable bonds is 8. The lowest BCUT2D eigenvalue weighted by atomic mass is 10.0. The average Bonchev–Trinajstić information content (AvgIpc) is 3.26. The van der Waals surface area contributed by atoms with Crippen LogP contribution in [0.5, 0.6) is 0 Å². The maximum atomic E-state index is 13.6. The molecule has 0 aliphatic carbocycles. The molecule has 2 heterocycles. The van der Waals surface area contributed by atoms with E-state index in [0.717, 1.165) is 17.8 Å². The number of aromatic nitrogens is 2. The van der Waals surface area contributed by atoms with Crippen LogP contribution < -0.4 is 5.32 Å². The smallest absolute Gasteiger partial charge is 0.378 e. The van der Waals surface area contributed by atoms with Crippen molar-refractivity contribution in [1.29, 1.82) is 0 Å². The number of fused-ring (bicyclic) bond motifs is 1. The van der Waals surface area contributed by atoms with Crippen LogP contribution in [0, 0.1) is 6.92 Å². The Hall–Kier alpha value is -3.15. The van der Waals surface area contributed by atoms with Gasteiger partial charge in [-0.15, -0.1) is 0 Å². The van der Waals surface area contributed by atoms with Crippen molar-refractivity contribution in [1.82, 2.24) is 20.0 Å². The molecule has 1 saturated heterocycles. The Morgan fingerprint density at radius 2 is 2.11 bits per heavy atom. The molecule has 0 spiro atoms. The SMILES string of the molecule is Cc1ccc(Cn2ncc3cc(/C=C(\SC=O)C(=O)N(C)C[C@@H]4COCCN4)ccc32)c(C(F)(F)F)c1. The molecule has 196 valence electrons. The number of thioether (sulfide) groups is 1. The van der Waals surface area contributed by atoms with Crippen molar-refractivity contribution < 1.29 is 27.5 Å². The molecular weight excluding hydrogens is 505 g/mol. The topological polar surface area (TPSA) is 76.5 Å². The fraction of sp³-hybridized carbons (Fsp3) is 0.346. The minimum atomic E-state index is -4.46. The van der Waals surface area contributed by atoms with E-state index in [1.807, 2.05) is 0 Å². The highest BCUT2D eigenvalue weighted by Gasteiger charge is 2.33. The number of carbonyl (C=O) groups excluding carboxylic acids is 2. The molecule has 3 aromatic rings. The van der Waals surface area contributed by atoms with Crippen LogP contribution in [0.1, 0.15) is 22.3 Å². The van der Waals surface area contributed by atoms with E-state index < -0.39 is 11.7 Å². The first-order valence-corrected chi connectivity index (χ1v) is 12.5. The lowest BCUT2D eigenvalue weighted by Crippen LogP contribution is -2.48. The molecule has 7 nitrogen and oxygen atoms in total. The first kappa shape index (κ1) is 26.9. The zero-order valence-electron chi connectivity index (χ0n) is 20.4. The van der Waals surface area contributed by atoms with Crippen molar-refractivity contribution in [2.75, 3.05) is 33.4 Å². The Morgan fingerprint density at radius 1 is 1.30 bits per heavy atom. The second-order valence-electron chi connectivity index (χ2n) is 8.91. The Morgan fingerprint density at radius 3 is 2.81 bits per heavy atom. The van der Waals surface area contributed by atoms with Gasteiger partial charge >= 0.3 is 6.18 Å². The van der Waals surface area contributed by atoms with Crippen LogP contribution in [0.4, 0.5) is 13.2 Å². The summed E-state index contributed by atoms with van der Waals surface area (Å²) in [5.74, 6) is -0.292. The van der Waals surface area contributed by atoms with E-state index in [9.17, 15) is 22.8 Å². The number of amides is 1. The van der Waals surface area contributed by atoms with E-state index in [1.165, 1.54) is 10.7 Å². The van der Waals surface area contributed by atoms with Crippen molar-refractivity contribution >= 4 is 40.3 Å². The lowest BCUT2D eigenvalue weighted by Gasteiger charge is -2.28. The van der Waals surface area contributed by atoms with E-state index >= 15 is 0 Å². The molecule has 1 aliphatic heterocycles. The Balaban J connectivity index is 1.56. The molecule has 0 saturated carbocycles. The first-order valence-electron chi connectivity index (χ1n) is 11.7. The predicted octanol–water partition coefficient (Wildman–Crippen LogP) is 4.12. The van der Waals surface area contributed by atoms with Crippen molar-refractivity contribution in [3.8, 4) is 0 Å². The zero-order chi connectivity index (χ0) is 26.6. The lowest BCUT2D eigenvalue weighted by molar-refractivity contribution is -0.138. The third-order valence-corrected chi connectivity index (χ3v) is 6.72. The van der Waals surface area contributed by atoms with Gasteiger partial charge in [0, 0.05) is 31.6 Å². The van der Waals surface area contributed by atoms with Gasteiger partial charge in [-0.2, -0.15) is 18.3 Å². The van der Waals surface area contributed by atoms with E-state index in [2.05, 4.69) is 10.4 Å². The number of nitrogens with zero attached hydrogens (tertiary/aromatic N) is 3. The monoisotopic (exact) mass is 532 g/mol. The normalized spacial score (nSPS) is 16.7. The van der Waals surface area contributed by atoms with Crippen molar-refractivity contribution in [3.63, 3.8) is 0 Å². The Kier molecular flexibility index (Phi) is 8.35. The molecule has 11 heteroatoms. The largest absolute Gasteiger partial charge is 0.416 e. The van der Waals surface area contributed by atoms with Crippen LogP contribution >= 0.6 is 11.8 Å². The van der Waals surface area contributed by atoms with E-state index in [0.29, 0.717) is 54.0 Å². The summed E-state index contributed by atoms with van der Waals surface area (Å²) < 4.78 is 47.6. The number of likely N-dealkylation sites (N-methyl/N-ethyl adjacent to an activating group) is 1. The van der Waals surface area contributed by atoms with E-state index in [-0.39, 0.29) is 29.0 Å². The number of nitrogens with one attached hydrogen (secondary N) is 1. The number of benzene rings is 2. The molecule has 1 amide bonds. The summed E-state index contributed by atoms with van der Waals surface area (Å²) in [4.78, 5) is 26.1. The summed E-state index contributed by atoms with van der Waals surface area (Å²) in [5.41, 5.74) is 1.92. The number of carbonyl (C=O) groups is 2. The van der Waals surface area contributed by atoms with Crippen LogP contribution in [0.15, 0.2) is 47.5 Å². The van der Waals surface area contributed by atoms with Gasteiger partial charge in [-0.3, -0.25) is 14.3 Å². The third-order valence-electron chi connectivity index (χ3n) is 6.08. The van der Waals surface area contributed by atoms with Crippen molar-refractivity contribution in [2.24, 2.45) is 0 Å². The van der Waals surface area contributed by atoms with Gasteiger partial charge in [0.2, 0.25) is 0 Å². The summed E-state index contributed by atoms with van der Waals surface area (Å²) in [7, 11) is 1.67. The van der Waals surface area contributed by atoms with Crippen molar-refractivity contribution in [2.45, 2.75) is 25.7 Å². The minimum absolute atomic E-state index is 0.0127. The van der Waals surface area contributed by atoms with Gasteiger partial charge in [0.25, 0.3) is 5.91 Å². The summed E-state index contributed by atoms with van der Waals surface area (Å²) >= 11 is 0.797. The molecule has 1 N–H and O–H groups in total. The molecule has 0 radical (unpaired) electrons. The molecule has 2 aromatic carbocycles. The molecule has 4 rings (SSSR count). The van der Waals surface area contributed by atoms with Crippen LogP contribution in [-0.4, -0.2) is 65.6 Å². The van der Waals surface area contributed by atoms with Gasteiger partial charge in [-0.05, 0) is 54.1 Å². The quantitative estimate of drug-likeness (QED) is 0.348. The Labute approximate surface area is 216 Å². The first-order chi connectivity index (χ1) is 17.7. The highest BCUT2D eigenvalue weighted by atomic mass is 32.2. The maximum Gasteiger partial charge on any atom is 0.416 e. The average molecular weight is 533 g/mol. The second kappa shape index (κ2) is 11.5. The highest BCUT2D eigenvalue weighted by molar-refractivity contribution is 8.16. The molecule has 37 heavy (non-hydrogen) atoms. The fourth-order valence-electron chi connectivity index (χ4n) is 4.26. The predicted molar refractivity (Wildman–Crippen MR) is 138 cm³/mol. The van der Waals surface area contributed by atoms with E-state index in [1.54, 1.807) is 55.4 Å². The molecule has 1 aliphatic rings. The number of halogens is 3. The molecule has 1 fully saturated rings. The number of hydrogen-bond donors (Lipinski definition) is 1. The number of morpholine rings is 1. The zero-order valence-corrected chi connectivity index (χ0v) is 21.2. The minimum Gasteiger partial charge on any atom is -0.378 e. The van der Waals surface area contributed by atoms with Crippen LogP contribution in [0.25, 0.3) is 17.0 Å². The van der Waals surface area contributed by atoms with E-state index in [4.69, 9.17) is 4.74 Å². The van der Waals surface area contributed by atoms with Gasteiger partial charge in [-0.1, -0.05) is 23.8 Å². The van der Waals surface area contributed by atoms with Gasteiger partial charge in [0.1, 0.15) is 0 Å². The molecule has 1 aromatic heterocycles. The summed E-state index contributed by atoms with van der Waals surface area (Å²) in [6, 6.07) is 9.56. The second-order valence-corrected chi connectivity index (χ2v) is 9.78. The Bertz CT molecular complexity index is 1320. The summed E-state index contributed by atoms with van der Waals surface area (Å²) in [5, 5.41) is 8.29. The number of hydrogen-bond acceptors (Lipinski definition) is 6. The highest BCUT2D eigenvalue weighted by Crippen LogP contribution is 2.33. The summed E-state index contributed by atoms with van der Waals surface area (Å²) in [6.07, 6.45) is -1.26. The number of ether oxygens (including phenoxy) is 1. The van der Waals surface area contributed by atoms with Gasteiger partial charge < -0.3 is 15.0 Å². The standard InChI is InChI=1S/C26H27F3N4O3S/c1-17-3-5-19(22(9-17)26(27,28)29)13-33-23-6-4-18(10-20(23)12-31-33)11-24(37-16-34)25(35)32(2)14-21-15-36-8-7-30-21/h3-6,9-12,16,21,30H,7-8,13-15H2,1-2H3/b24-11-/t21-/m1/s1. The maximum absolute atomic E-state index is 13.6. The number of aryl methyl sites for hydroxylation is 1. The van der Waals surface area contributed by atoms with Gasteiger partial charge in [-0.25, -0.2) is 0 Å². The van der Waals surface area contributed by atoms with Crippen LogP contribution in [-0.2, 0) is 27.0 Å². The van der Waals surface area contributed by atoms with Gasteiger partial charge in [0.15, 0.2) is 5.62 Å². The fourth-order valence-corrected chi connectivity index (χ4v) is 4.83. The van der Waals surface area contributed by atoms with Crippen LogP contribution in [0.2, 0.25) is 0 Å². The van der Waals surface area contributed by atoms with Gasteiger partial charge in [0.05, 0.1) is 41.9 Å². The molecule has 1 atom stereocenters. The van der Waals surface area contributed by atoms with Crippen LogP contribution in [0.3, 0.4) is 0 Å². The molecule has 0 bridgehead atoms. The molecule has 0 unspecified atom stereocenters. The number of alkyl halides is 3.